The second-order valence-corrected chi connectivity index (χ2v) is 5.67. The van der Waals surface area contributed by atoms with E-state index in [9.17, 15) is 0 Å². The molecular weight excluding hydrogens is 314 g/mol. The maximum Gasteiger partial charge on any atom is 0.132 e. The smallest absolute Gasteiger partial charge is 0.132 e. The molecule has 3 aromatic rings. The molecule has 100 valence electrons. The molecule has 0 atom stereocenters. The van der Waals surface area contributed by atoms with Gasteiger partial charge in [-0.3, -0.25) is 0 Å². The van der Waals surface area contributed by atoms with Crippen molar-refractivity contribution in [3.05, 3.63) is 58.7 Å². The molecule has 4 heteroatoms. The van der Waals surface area contributed by atoms with Crippen LogP contribution in [0.1, 0.15) is 5.56 Å². The zero-order chi connectivity index (χ0) is 14.1. The highest BCUT2D eigenvalue weighted by molar-refractivity contribution is 9.10. The molecule has 0 saturated carbocycles. The molecular formula is C16H14BrN3. The summed E-state index contributed by atoms with van der Waals surface area (Å²) in [5.41, 5.74) is 8.62. The molecule has 2 aromatic carbocycles. The normalized spacial score (nSPS) is 10.7. The quantitative estimate of drug-likeness (QED) is 0.721. The van der Waals surface area contributed by atoms with Gasteiger partial charge in [-0.05, 0) is 47.5 Å². The number of nitrogen functional groups attached to an aromatic ring is 1. The number of pyridine rings is 1. The summed E-state index contributed by atoms with van der Waals surface area (Å²) in [4.78, 5) is 4.33. The molecule has 0 bridgehead atoms. The van der Waals surface area contributed by atoms with Crippen LogP contribution in [-0.2, 0) is 0 Å². The molecule has 0 spiro atoms. The number of fused-ring (bicyclic) bond motifs is 1. The zero-order valence-electron chi connectivity index (χ0n) is 11.0. The molecule has 3 nitrogen and oxygen atoms in total. The van der Waals surface area contributed by atoms with Gasteiger partial charge in [0.1, 0.15) is 5.82 Å². The number of nitrogens with one attached hydrogen (secondary N) is 1. The SMILES string of the molecule is Cc1cnc(Nc2ccc3cc(Br)ccc3c2)cc1N. The van der Waals surface area contributed by atoms with Crippen LogP contribution in [0.3, 0.4) is 0 Å². The summed E-state index contributed by atoms with van der Waals surface area (Å²) in [5.74, 6) is 0.754. The van der Waals surface area contributed by atoms with Gasteiger partial charge in [0.2, 0.25) is 0 Å². The van der Waals surface area contributed by atoms with Crippen molar-refractivity contribution in [1.82, 2.24) is 4.98 Å². The van der Waals surface area contributed by atoms with Gasteiger partial charge >= 0.3 is 0 Å². The van der Waals surface area contributed by atoms with Crippen LogP contribution in [0.4, 0.5) is 17.2 Å². The Balaban J connectivity index is 1.94. The molecule has 1 heterocycles. The van der Waals surface area contributed by atoms with Crippen LogP contribution in [0, 0.1) is 6.92 Å². The van der Waals surface area contributed by atoms with E-state index in [0.717, 1.165) is 27.2 Å². The Bertz CT molecular complexity index is 784. The monoisotopic (exact) mass is 327 g/mol. The maximum atomic E-state index is 5.90. The largest absolute Gasteiger partial charge is 0.398 e. The highest BCUT2D eigenvalue weighted by Gasteiger charge is 2.01. The lowest BCUT2D eigenvalue weighted by molar-refractivity contribution is 1.26. The molecule has 0 aliphatic rings. The average molecular weight is 328 g/mol. The van der Waals surface area contributed by atoms with Crippen molar-refractivity contribution in [2.45, 2.75) is 6.92 Å². The van der Waals surface area contributed by atoms with Gasteiger partial charge in [-0.2, -0.15) is 0 Å². The number of benzene rings is 2. The minimum absolute atomic E-state index is 0.743. The van der Waals surface area contributed by atoms with E-state index in [1.54, 1.807) is 6.20 Å². The van der Waals surface area contributed by atoms with Crippen LogP contribution in [0.25, 0.3) is 10.8 Å². The van der Waals surface area contributed by atoms with Gasteiger partial charge in [0.05, 0.1) is 0 Å². The van der Waals surface area contributed by atoms with Crippen LogP contribution < -0.4 is 11.1 Å². The average Bonchev–Trinajstić information content (AvgIpc) is 2.43. The number of nitrogens with zero attached hydrogens (tertiary/aromatic N) is 1. The molecule has 0 aliphatic heterocycles. The molecule has 3 N–H and O–H groups in total. The van der Waals surface area contributed by atoms with E-state index in [1.165, 1.54) is 10.8 Å². The van der Waals surface area contributed by atoms with E-state index in [1.807, 2.05) is 25.1 Å². The number of rotatable bonds is 2. The van der Waals surface area contributed by atoms with Crippen LogP contribution in [0.15, 0.2) is 53.1 Å². The Labute approximate surface area is 126 Å². The van der Waals surface area contributed by atoms with Crippen molar-refractivity contribution < 1.29 is 0 Å². The summed E-state index contributed by atoms with van der Waals surface area (Å²) in [6.07, 6.45) is 1.77. The van der Waals surface area contributed by atoms with Gasteiger partial charge < -0.3 is 11.1 Å². The summed E-state index contributed by atoms with van der Waals surface area (Å²) in [5, 5.41) is 5.65. The maximum absolute atomic E-state index is 5.90. The lowest BCUT2D eigenvalue weighted by Gasteiger charge is -2.09. The minimum atomic E-state index is 0.743. The lowest BCUT2D eigenvalue weighted by Crippen LogP contribution is -1.97. The molecule has 20 heavy (non-hydrogen) atoms. The number of hydrogen-bond acceptors (Lipinski definition) is 3. The highest BCUT2D eigenvalue weighted by atomic mass is 79.9. The Morgan fingerprint density at radius 1 is 1.05 bits per heavy atom. The van der Waals surface area contributed by atoms with Crippen molar-refractivity contribution in [2.24, 2.45) is 0 Å². The second-order valence-electron chi connectivity index (χ2n) is 4.76. The summed E-state index contributed by atoms with van der Waals surface area (Å²) in [6.45, 7) is 1.94. The Kier molecular flexibility index (Phi) is 3.32. The Hall–Kier alpha value is -2.07. The molecule has 1 aromatic heterocycles. The number of aromatic nitrogens is 1. The third-order valence-electron chi connectivity index (χ3n) is 3.22. The van der Waals surface area contributed by atoms with E-state index in [4.69, 9.17) is 5.73 Å². The van der Waals surface area contributed by atoms with Crippen molar-refractivity contribution in [2.75, 3.05) is 11.1 Å². The van der Waals surface area contributed by atoms with Crippen LogP contribution >= 0.6 is 15.9 Å². The van der Waals surface area contributed by atoms with E-state index in [2.05, 4.69) is 50.5 Å². The summed E-state index contributed by atoms with van der Waals surface area (Å²) >= 11 is 3.48. The van der Waals surface area contributed by atoms with Crippen molar-refractivity contribution in [3.63, 3.8) is 0 Å². The van der Waals surface area contributed by atoms with Crippen molar-refractivity contribution in [1.29, 1.82) is 0 Å². The predicted octanol–water partition coefficient (Wildman–Crippen LogP) is 4.63. The van der Waals surface area contributed by atoms with Crippen LogP contribution in [0.2, 0.25) is 0 Å². The number of nitrogens with two attached hydrogens (primary N) is 1. The fourth-order valence-corrected chi connectivity index (χ4v) is 2.43. The minimum Gasteiger partial charge on any atom is -0.398 e. The molecule has 0 unspecified atom stereocenters. The van der Waals surface area contributed by atoms with Crippen LogP contribution in [-0.4, -0.2) is 4.98 Å². The van der Waals surface area contributed by atoms with E-state index < -0.39 is 0 Å². The van der Waals surface area contributed by atoms with Gasteiger partial charge in [-0.15, -0.1) is 0 Å². The fraction of sp³-hybridized carbons (Fsp3) is 0.0625. The van der Waals surface area contributed by atoms with Crippen molar-refractivity contribution in [3.8, 4) is 0 Å². The first-order chi connectivity index (χ1) is 9.61. The zero-order valence-corrected chi connectivity index (χ0v) is 12.6. The molecule has 0 amide bonds. The van der Waals surface area contributed by atoms with E-state index >= 15 is 0 Å². The van der Waals surface area contributed by atoms with Gasteiger partial charge in [-0.25, -0.2) is 4.98 Å². The van der Waals surface area contributed by atoms with Gasteiger partial charge in [0.25, 0.3) is 0 Å². The first-order valence-electron chi connectivity index (χ1n) is 6.30. The van der Waals surface area contributed by atoms with Gasteiger partial charge in [0.15, 0.2) is 0 Å². The molecule has 0 aliphatic carbocycles. The lowest BCUT2D eigenvalue weighted by atomic mass is 10.1. The topological polar surface area (TPSA) is 50.9 Å². The summed E-state index contributed by atoms with van der Waals surface area (Å²) < 4.78 is 1.08. The van der Waals surface area contributed by atoms with Crippen LogP contribution in [0.5, 0.6) is 0 Å². The number of hydrogen-bond donors (Lipinski definition) is 2. The number of halogens is 1. The Morgan fingerprint density at radius 2 is 1.80 bits per heavy atom. The molecule has 0 radical (unpaired) electrons. The predicted molar refractivity (Wildman–Crippen MR) is 88.3 cm³/mol. The first kappa shape index (κ1) is 12.9. The first-order valence-corrected chi connectivity index (χ1v) is 7.09. The summed E-state index contributed by atoms with van der Waals surface area (Å²) in [7, 11) is 0. The molecule has 3 rings (SSSR count). The fourth-order valence-electron chi connectivity index (χ4n) is 2.05. The standard InChI is InChI=1S/C16H14BrN3/c1-10-9-19-16(8-15(10)18)20-14-5-3-11-6-13(17)4-2-12(11)7-14/h2-9H,1H3,(H3,18,19,20). The second kappa shape index (κ2) is 5.13. The number of aryl methyl sites for hydroxylation is 1. The molecule has 0 fully saturated rings. The van der Waals surface area contributed by atoms with E-state index in [0.29, 0.717) is 0 Å². The van der Waals surface area contributed by atoms with Gasteiger partial charge in [0, 0.05) is 28.1 Å². The third kappa shape index (κ3) is 2.60. The third-order valence-corrected chi connectivity index (χ3v) is 3.71. The number of anilines is 3. The Morgan fingerprint density at radius 3 is 2.60 bits per heavy atom. The molecule has 0 saturated heterocycles. The van der Waals surface area contributed by atoms with E-state index in [-0.39, 0.29) is 0 Å². The highest BCUT2D eigenvalue weighted by Crippen LogP contribution is 2.25. The van der Waals surface area contributed by atoms with Gasteiger partial charge in [-0.1, -0.05) is 28.1 Å². The van der Waals surface area contributed by atoms with Crippen molar-refractivity contribution >= 4 is 43.9 Å². The summed E-state index contributed by atoms with van der Waals surface area (Å²) in [6, 6.07) is 14.3.